The van der Waals surface area contributed by atoms with Crippen molar-refractivity contribution in [2.75, 3.05) is 13.2 Å². The van der Waals surface area contributed by atoms with Gasteiger partial charge in [-0.1, -0.05) is 229 Å². The second kappa shape index (κ2) is 52.5. The summed E-state index contributed by atoms with van der Waals surface area (Å²) in [6, 6.07) is 0. The topological polar surface area (TPSA) is 78.9 Å². The van der Waals surface area contributed by atoms with Crippen molar-refractivity contribution in [2.45, 2.75) is 264 Å². The maximum atomic E-state index is 12.8. The molecule has 0 fully saturated rings. The van der Waals surface area contributed by atoms with Crippen molar-refractivity contribution in [2.24, 2.45) is 0 Å². The van der Waals surface area contributed by atoms with Gasteiger partial charge in [-0.05, 0) is 83.5 Å². The zero-order valence-corrected chi connectivity index (χ0v) is 42.0. The largest absolute Gasteiger partial charge is 0.462 e. The molecule has 0 aromatic rings. The van der Waals surface area contributed by atoms with Gasteiger partial charge in [0.1, 0.15) is 13.2 Å². The van der Waals surface area contributed by atoms with Gasteiger partial charge in [-0.25, -0.2) is 0 Å². The lowest BCUT2D eigenvalue weighted by Crippen LogP contribution is -2.30. The lowest BCUT2D eigenvalue weighted by Gasteiger charge is -2.18. The Morgan fingerprint density at radius 2 is 0.625 bits per heavy atom. The minimum Gasteiger partial charge on any atom is -0.462 e. The Morgan fingerprint density at radius 3 is 1.00 bits per heavy atom. The Bertz CT molecular complexity index is 1210. The molecule has 0 radical (unpaired) electrons. The van der Waals surface area contributed by atoms with Gasteiger partial charge < -0.3 is 14.2 Å². The number of hydrogen-bond acceptors (Lipinski definition) is 6. The molecule has 6 heteroatoms. The number of carbonyl (C=O) groups is 3. The van der Waals surface area contributed by atoms with Crippen molar-refractivity contribution in [3.63, 3.8) is 0 Å². The molecule has 0 amide bonds. The fourth-order valence-electron chi connectivity index (χ4n) is 7.39. The van der Waals surface area contributed by atoms with Crippen LogP contribution >= 0.6 is 0 Å². The summed E-state index contributed by atoms with van der Waals surface area (Å²) in [5.41, 5.74) is 0. The summed E-state index contributed by atoms with van der Waals surface area (Å²) in [6.45, 7) is 6.46. The zero-order valence-electron chi connectivity index (χ0n) is 42.0. The van der Waals surface area contributed by atoms with Crippen LogP contribution in [0, 0.1) is 0 Å². The molecule has 0 saturated carbocycles. The fraction of sp³-hybridized carbons (Fsp3) is 0.741. The molecule has 0 saturated heterocycles. The molecule has 0 aliphatic heterocycles. The first-order chi connectivity index (χ1) is 31.5. The molecule has 64 heavy (non-hydrogen) atoms. The van der Waals surface area contributed by atoms with Gasteiger partial charge in [-0.2, -0.15) is 0 Å². The lowest BCUT2D eigenvalue weighted by molar-refractivity contribution is -0.167. The number of ether oxygens (including phenoxy) is 3. The van der Waals surface area contributed by atoms with E-state index in [1.54, 1.807) is 0 Å². The van der Waals surface area contributed by atoms with E-state index in [0.29, 0.717) is 19.3 Å². The van der Waals surface area contributed by atoms with Crippen LogP contribution in [-0.4, -0.2) is 37.2 Å². The van der Waals surface area contributed by atoms with Gasteiger partial charge in [0.25, 0.3) is 0 Å². The number of unbranched alkanes of at least 4 members (excludes halogenated alkanes) is 25. The SMILES string of the molecule is CC/C=C\C/C=C\C/C=C\C/C=C\CCCCCCCCCCCCC(=O)OCC(COC(=O)CCCCCCCCCCC)OC(=O)CCCCCCC/C=C\C/C=C\CCCC. The highest BCUT2D eigenvalue weighted by molar-refractivity contribution is 5.71. The van der Waals surface area contributed by atoms with Gasteiger partial charge in [0.2, 0.25) is 0 Å². The molecule has 0 N–H and O–H groups in total. The van der Waals surface area contributed by atoms with E-state index < -0.39 is 6.10 Å². The van der Waals surface area contributed by atoms with Crippen LogP contribution in [-0.2, 0) is 28.6 Å². The molecule has 1 unspecified atom stereocenters. The second-order valence-corrected chi connectivity index (χ2v) is 17.8. The van der Waals surface area contributed by atoms with Crippen molar-refractivity contribution in [1.29, 1.82) is 0 Å². The minimum atomic E-state index is -0.781. The zero-order chi connectivity index (χ0) is 46.5. The summed E-state index contributed by atoms with van der Waals surface area (Å²) in [6.07, 6.45) is 66.1. The Balaban J connectivity index is 4.26. The molecular formula is C58H100O6. The molecule has 0 heterocycles. The summed E-state index contributed by atoms with van der Waals surface area (Å²) in [5, 5.41) is 0. The van der Waals surface area contributed by atoms with Crippen LogP contribution in [0.5, 0.6) is 0 Å². The first-order valence-corrected chi connectivity index (χ1v) is 26.9. The predicted octanol–water partition coefficient (Wildman–Crippen LogP) is 17.8. The van der Waals surface area contributed by atoms with Gasteiger partial charge in [0.15, 0.2) is 6.10 Å². The van der Waals surface area contributed by atoms with Gasteiger partial charge in [0, 0.05) is 19.3 Å². The standard InChI is InChI=1S/C58H100O6/c1-4-7-10-13-16-19-21-23-25-26-27-28-29-30-31-32-33-35-36-39-42-45-48-51-57(60)63-54-55(53-62-56(59)50-47-44-41-38-18-15-12-9-6-3)64-58(61)52-49-46-43-40-37-34-24-22-20-17-14-11-8-5-2/h7,10,14,16-17,19,22-25,27-28,55H,4-6,8-9,11-13,15,18,20-21,26,29-54H2,1-3H3/b10-7-,17-14-,19-16-,24-22-,25-23-,28-27-. The van der Waals surface area contributed by atoms with E-state index in [9.17, 15) is 14.4 Å². The number of carbonyl (C=O) groups excluding carboxylic acids is 3. The van der Waals surface area contributed by atoms with Crippen LogP contribution in [0.25, 0.3) is 0 Å². The molecule has 0 aliphatic carbocycles. The molecular weight excluding hydrogens is 793 g/mol. The third-order valence-corrected chi connectivity index (χ3v) is 11.4. The maximum absolute atomic E-state index is 12.8. The molecule has 368 valence electrons. The van der Waals surface area contributed by atoms with Crippen molar-refractivity contribution in [3.8, 4) is 0 Å². The van der Waals surface area contributed by atoms with Crippen molar-refractivity contribution < 1.29 is 28.6 Å². The average Bonchev–Trinajstić information content (AvgIpc) is 3.29. The van der Waals surface area contributed by atoms with Gasteiger partial charge in [-0.15, -0.1) is 0 Å². The van der Waals surface area contributed by atoms with E-state index in [2.05, 4.69) is 93.7 Å². The average molecular weight is 893 g/mol. The van der Waals surface area contributed by atoms with Crippen molar-refractivity contribution in [1.82, 2.24) is 0 Å². The van der Waals surface area contributed by atoms with Crippen LogP contribution in [0.2, 0.25) is 0 Å². The Labute approximate surface area is 395 Å². The molecule has 6 nitrogen and oxygen atoms in total. The normalized spacial score (nSPS) is 12.6. The molecule has 0 aromatic carbocycles. The summed E-state index contributed by atoms with van der Waals surface area (Å²) in [5.74, 6) is -0.898. The monoisotopic (exact) mass is 893 g/mol. The highest BCUT2D eigenvalue weighted by Crippen LogP contribution is 2.15. The first-order valence-electron chi connectivity index (χ1n) is 26.9. The van der Waals surface area contributed by atoms with Crippen LogP contribution in [0.3, 0.4) is 0 Å². The highest BCUT2D eigenvalue weighted by atomic mass is 16.6. The smallest absolute Gasteiger partial charge is 0.306 e. The minimum absolute atomic E-state index is 0.0807. The van der Waals surface area contributed by atoms with E-state index in [1.165, 1.54) is 109 Å². The maximum Gasteiger partial charge on any atom is 0.306 e. The van der Waals surface area contributed by atoms with Gasteiger partial charge in [0.05, 0.1) is 0 Å². The summed E-state index contributed by atoms with van der Waals surface area (Å²) in [7, 11) is 0. The van der Waals surface area contributed by atoms with Crippen LogP contribution in [0.4, 0.5) is 0 Å². The Morgan fingerprint density at radius 1 is 0.328 bits per heavy atom. The van der Waals surface area contributed by atoms with E-state index in [4.69, 9.17) is 14.2 Å². The summed E-state index contributed by atoms with van der Waals surface area (Å²) >= 11 is 0. The highest BCUT2D eigenvalue weighted by Gasteiger charge is 2.19. The lowest BCUT2D eigenvalue weighted by atomic mass is 10.1. The van der Waals surface area contributed by atoms with E-state index in [1.807, 2.05) is 0 Å². The first kappa shape index (κ1) is 60.9. The Kier molecular flexibility index (Phi) is 49.9. The molecule has 0 spiro atoms. The summed E-state index contributed by atoms with van der Waals surface area (Å²) < 4.78 is 16.8. The summed E-state index contributed by atoms with van der Waals surface area (Å²) in [4.78, 5) is 37.9. The molecule has 0 aromatic heterocycles. The quantitative estimate of drug-likeness (QED) is 0.0262. The van der Waals surface area contributed by atoms with Crippen molar-refractivity contribution >= 4 is 17.9 Å². The molecule has 0 aliphatic rings. The van der Waals surface area contributed by atoms with E-state index >= 15 is 0 Å². The van der Waals surface area contributed by atoms with Crippen LogP contribution < -0.4 is 0 Å². The number of hydrogen-bond donors (Lipinski definition) is 0. The number of rotatable bonds is 48. The van der Waals surface area contributed by atoms with Gasteiger partial charge in [-0.3, -0.25) is 14.4 Å². The predicted molar refractivity (Wildman–Crippen MR) is 274 cm³/mol. The van der Waals surface area contributed by atoms with Crippen LogP contribution in [0.1, 0.15) is 258 Å². The molecule has 0 bridgehead atoms. The molecule has 0 rings (SSSR count). The van der Waals surface area contributed by atoms with E-state index in [0.717, 1.165) is 109 Å². The van der Waals surface area contributed by atoms with Gasteiger partial charge >= 0.3 is 17.9 Å². The third kappa shape index (κ3) is 49.9. The van der Waals surface area contributed by atoms with Crippen molar-refractivity contribution in [3.05, 3.63) is 72.9 Å². The fourth-order valence-corrected chi connectivity index (χ4v) is 7.39. The van der Waals surface area contributed by atoms with E-state index in [-0.39, 0.29) is 31.1 Å². The number of allylic oxidation sites excluding steroid dienone is 12. The number of esters is 3. The second-order valence-electron chi connectivity index (χ2n) is 17.8. The molecule has 1 atom stereocenters. The third-order valence-electron chi connectivity index (χ3n) is 11.4. The van der Waals surface area contributed by atoms with Crippen LogP contribution in [0.15, 0.2) is 72.9 Å². The Hall–Kier alpha value is -3.15.